The van der Waals surface area contributed by atoms with E-state index < -0.39 is 12.0 Å². The Morgan fingerprint density at radius 3 is 2.64 bits per heavy atom. The third-order valence-electron chi connectivity index (χ3n) is 8.82. The number of aromatic carboxylic acids is 1. The summed E-state index contributed by atoms with van der Waals surface area (Å²) in [6, 6.07) is 14.5. The lowest BCUT2D eigenvalue weighted by Crippen LogP contribution is -2.34. The van der Waals surface area contributed by atoms with Crippen LogP contribution in [0.5, 0.6) is 5.88 Å². The van der Waals surface area contributed by atoms with Crippen LogP contribution in [0.2, 0.25) is 5.02 Å². The van der Waals surface area contributed by atoms with Gasteiger partial charge in [-0.05, 0) is 68.4 Å². The van der Waals surface area contributed by atoms with Crippen molar-refractivity contribution in [3.63, 3.8) is 0 Å². The van der Waals surface area contributed by atoms with Gasteiger partial charge < -0.3 is 29.2 Å². The standard InChI is InChI=1S/C34H35ClFN3O6/c1-39(29-12-10-22(34(41)42)16-28(29)37-18-24-13-14-43-24)32(40)15-20-5-7-21(8-6-20)27-3-2-4-31(38-27)44-19-23-9-11-26(35)25-17-30(36)45-33(23)25/h2-4,9-12,16-17,20-21,24,37H,5-8,13-15,18-19H2,1H3,(H,41,42). The number of hydrogen-bond acceptors (Lipinski definition) is 7. The van der Waals surface area contributed by atoms with Crippen LogP contribution < -0.4 is 15.0 Å². The molecule has 1 amide bonds. The number of carbonyl (C=O) groups is 2. The predicted molar refractivity (Wildman–Crippen MR) is 169 cm³/mol. The first-order chi connectivity index (χ1) is 21.7. The van der Waals surface area contributed by atoms with Gasteiger partial charge in [-0.15, -0.1) is 0 Å². The van der Waals surface area contributed by atoms with Gasteiger partial charge in [-0.25, -0.2) is 9.78 Å². The number of pyridine rings is 1. The maximum atomic E-state index is 13.7. The molecule has 2 aliphatic rings. The molecule has 1 saturated heterocycles. The molecule has 1 unspecified atom stereocenters. The van der Waals surface area contributed by atoms with Crippen LogP contribution in [-0.4, -0.2) is 48.3 Å². The molecule has 1 saturated carbocycles. The molecule has 0 radical (unpaired) electrons. The SMILES string of the molecule is CN(C(=O)CC1CCC(c2cccc(OCc3ccc(Cl)c4cc(F)oc34)n2)CC1)c1ccc(C(=O)O)cc1NCC1CCO1. The van der Waals surface area contributed by atoms with Gasteiger partial charge in [-0.3, -0.25) is 4.79 Å². The van der Waals surface area contributed by atoms with Gasteiger partial charge in [-0.1, -0.05) is 23.7 Å². The number of halogens is 2. The maximum Gasteiger partial charge on any atom is 0.335 e. The first-order valence-corrected chi connectivity index (χ1v) is 15.6. The number of benzene rings is 2. The Morgan fingerprint density at radius 2 is 1.91 bits per heavy atom. The van der Waals surface area contributed by atoms with Crippen LogP contribution in [0, 0.1) is 11.9 Å². The van der Waals surface area contributed by atoms with Crippen LogP contribution in [0.4, 0.5) is 15.8 Å². The molecule has 0 bridgehead atoms. The quantitative estimate of drug-likeness (QED) is 0.175. The van der Waals surface area contributed by atoms with E-state index in [-0.39, 0.29) is 36.0 Å². The minimum Gasteiger partial charge on any atom is -0.478 e. The first kappa shape index (κ1) is 30.9. The van der Waals surface area contributed by atoms with Crippen LogP contribution in [0.25, 0.3) is 11.0 Å². The number of ether oxygens (including phenoxy) is 2. The molecule has 2 aromatic carbocycles. The highest BCUT2D eigenvalue weighted by Gasteiger charge is 2.27. The van der Waals surface area contributed by atoms with E-state index in [1.165, 1.54) is 12.1 Å². The van der Waals surface area contributed by atoms with Crippen molar-refractivity contribution in [2.45, 2.75) is 57.2 Å². The largest absolute Gasteiger partial charge is 0.478 e. The molecule has 236 valence electrons. The summed E-state index contributed by atoms with van der Waals surface area (Å²) in [6.45, 7) is 1.44. The van der Waals surface area contributed by atoms with Crippen LogP contribution in [0.15, 0.2) is 59.0 Å². The molecule has 3 heterocycles. The lowest BCUT2D eigenvalue weighted by atomic mass is 9.79. The van der Waals surface area contributed by atoms with Gasteiger partial charge >= 0.3 is 5.97 Å². The van der Waals surface area contributed by atoms with Crippen molar-refractivity contribution in [1.82, 2.24) is 4.98 Å². The molecule has 2 fully saturated rings. The van der Waals surface area contributed by atoms with E-state index in [1.807, 2.05) is 12.1 Å². The molecule has 0 spiro atoms. The number of aromatic nitrogens is 1. The fourth-order valence-electron chi connectivity index (χ4n) is 6.07. The van der Waals surface area contributed by atoms with Crippen molar-refractivity contribution in [2.75, 3.05) is 30.4 Å². The number of nitrogens with one attached hydrogen (secondary N) is 1. The van der Waals surface area contributed by atoms with Crippen molar-refractivity contribution in [3.8, 4) is 5.88 Å². The van der Waals surface area contributed by atoms with Crippen molar-refractivity contribution in [2.24, 2.45) is 5.92 Å². The van der Waals surface area contributed by atoms with E-state index >= 15 is 0 Å². The lowest BCUT2D eigenvalue weighted by molar-refractivity contribution is -0.119. The number of carbonyl (C=O) groups excluding carboxylic acids is 1. The number of rotatable bonds is 11. The fourth-order valence-corrected chi connectivity index (χ4v) is 6.28. The third kappa shape index (κ3) is 7.07. The molecule has 1 atom stereocenters. The van der Waals surface area contributed by atoms with Gasteiger partial charge in [0.1, 0.15) is 12.2 Å². The highest BCUT2D eigenvalue weighted by molar-refractivity contribution is 6.35. The highest BCUT2D eigenvalue weighted by atomic mass is 35.5. The van der Waals surface area contributed by atoms with Crippen LogP contribution in [0.3, 0.4) is 0 Å². The molecule has 4 aromatic rings. The van der Waals surface area contributed by atoms with Crippen LogP contribution in [0.1, 0.15) is 66.1 Å². The molecular weight excluding hydrogens is 601 g/mol. The Kier molecular flexibility index (Phi) is 9.23. The first-order valence-electron chi connectivity index (χ1n) is 15.2. The van der Waals surface area contributed by atoms with Gasteiger partial charge in [0.2, 0.25) is 11.8 Å². The highest BCUT2D eigenvalue weighted by Crippen LogP contribution is 2.38. The Labute approximate surface area is 265 Å². The summed E-state index contributed by atoms with van der Waals surface area (Å²) in [5.74, 6) is -0.0493. The summed E-state index contributed by atoms with van der Waals surface area (Å²) < 4.78 is 30.4. The second-order valence-corrected chi connectivity index (χ2v) is 12.2. The number of amides is 1. The second-order valence-electron chi connectivity index (χ2n) is 11.8. The number of anilines is 2. The Balaban J connectivity index is 1.04. The number of furan rings is 1. The molecule has 1 aliphatic heterocycles. The Hall–Kier alpha value is -4.15. The fraction of sp³-hybridized carbons (Fsp3) is 0.382. The summed E-state index contributed by atoms with van der Waals surface area (Å²) in [4.78, 5) is 31.3. The zero-order valence-corrected chi connectivity index (χ0v) is 25.7. The molecule has 45 heavy (non-hydrogen) atoms. The summed E-state index contributed by atoms with van der Waals surface area (Å²) in [6.07, 6.45) is 5.05. The molecule has 6 rings (SSSR count). The molecular formula is C34H35ClFN3O6. The van der Waals surface area contributed by atoms with E-state index in [2.05, 4.69) is 5.32 Å². The van der Waals surface area contributed by atoms with Crippen LogP contribution >= 0.6 is 11.6 Å². The normalized spacial score (nSPS) is 19.6. The Bertz CT molecular complexity index is 1700. The zero-order valence-electron chi connectivity index (χ0n) is 24.9. The molecule has 11 heteroatoms. The monoisotopic (exact) mass is 635 g/mol. The predicted octanol–water partition coefficient (Wildman–Crippen LogP) is 7.43. The smallest absolute Gasteiger partial charge is 0.335 e. The van der Waals surface area contributed by atoms with Crippen molar-refractivity contribution < 1.29 is 33.0 Å². The molecule has 2 N–H and O–H groups in total. The molecule has 1 aliphatic carbocycles. The van der Waals surface area contributed by atoms with E-state index in [4.69, 9.17) is 30.5 Å². The number of carboxylic acid groups (broad SMARTS) is 1. The number of nitrogens with zero attached hydrogens (tertiary/aromatic N) is 2. The second kappa shape index (κ2) is 13.5. The van der Waals surface area contributed by atoms with E-state index in [0.717, 1.165) is 44.4 Å². The Morgan fingerprint density at radius 1 is 1.11 bits per heavy atom. The topological polar surface area (TPSA) is 114 Å². The number of hydrogen-bond donors (Lipinski definition) is 2. The van der Waals surface area contributed by atoms with Gasteiger partial charge in [0, 0.05) is 61.3 Å². The summed E-state index contributed by atoms with van der Waals surface area (Å²) in [5.41, 5.74) is 3.40. The van der Waals surface area contributed by atoms with Crippen LogP contribution in [-0.2, 0) is 16.1 Å². The molecule has 9 nitrogen and oxygen atoms in total. The lowest BCUT2D eigenvalue weighted by Gasteiger charge is -2.30. The van der Waals surface area contributed by atoms with Gasteiger partial charge in [0.05, 0.1) is 28.1 Å². The summed E-state index contributed by atoms with van der Waals surface area (Å²) in [7, 11) is 1.74. The summed E-state index contributed by atoms with van der Waals surface area (Å²) >= 11 is 6.17. The number of fused-ring (bicyclic) bond motifs is 1. The molecule has 2 aromatic heterocycles. The van der Waals surface area contributed by atoms with E-state index in [1.54, 1.807) is 42.3 Å². The van der Waals surface area contributed by atoms with E-state index in [0.29, 0.717) is 51.8 Å². The van der Waals surface area contributed by atoms with Crippen molar-refractivity contribution >= 4 is 45.8 Å². The zero-order chi connectivity index (χ0) is 31.5. The van der Waals surface area contributed by atoms with Gasteiger partial charge in [-0.2, -0.15) is 4.39 Å². The van der Waals surface area contributed by atoms with Crippen molar-refractivity contribution in [1.29, 1.82) is 0 Å². The average Bonchev–Trinajstić information content (AvgIpc) is 3.42. The van der Waals surface area contributed by atoms with E-state index in [9.17, 15) is 19.1 Å². The third-order valence-corrected chi connectivity index (χ3v) is 9.15. The summed E-state index contributed by atoms with van der Waals surface area (Å²) in [5, 5.41) is 13.7. The van der Waals surface area contributed by atoms with Crippen molar-refractivity contribution in [3.05, 3.63) is 82.5 Å². The minimum absolute atomic E-state index is 0.00858. The maximum absolute atomic E-state index is 13.7. The average molecular weight is 636 g/mol. The van der Waals surface area contributed by atoms with Gasteiger partial charge in [0.15, 0.2) is 0 Å². The van der Waals surface area contributed by atoms with Gasteiger partial charge in [0.25, 0.3) is 6.01 Å². The minimum atomic E-state index is -1.02. The number of carboxylic acids is 1.